The van der Waals surface area contributed by atoms with E-state index in [-0.39, 0.29) is 0 Å². The zero-order chi connectivity index (χ0) is 15.2. The first kappa shape index (κ1) is 14.8. The lowest BCUT2D eigenvalue weighted by molar-refractivity contribution is 0.578. The average Bonchev–Trinajstić information content (AvgIpc) is 2.61. The van der Waals surface area contributed by atoms with Crippen molar-refractivity contribution < 1.29 is 0 Å². The minimum atomic E-state index is 1.02. The molecule has 2 aromatic rings. The number of nitrogens with zero attached hydrogens (tertiary/aromatic N) is 2. The van der Waals surface area contributed by atoms with E-state index in [0.717, 1.165) is 17.7 Å². The third kappa shape index (κ3) is 3.56. The number of anilines is 1. The molecule has 0 bridgehead atoms. The Hall–Kier alpha value is -2.09. The van der Waals surface area contributed by atoms with Crippen LogP contribution in [0.25, 0.3) is 0 Å². The van der Waals surface area contributed by atoms with Gasteiger partial charge in [0.15, 0.2) is 0 Å². The van der Waals surface area contributed by atoms with Crippen molar-refractivity contribution in [3.05, 3.63) is 59.7 Å². The van der Waals surface area contributed by atoms with Crippen LogP contribution in [0.3, 0.4) is 0 Å². The van der Waals surface area contributed by atoms with Crippen LogP contribution in [0.2, 0.25) is 0 Å². The number of benzene rings is 2. The molecule has 1 saturated heterocycles. The fraction of sp³-hybridized carbons (Fsp3) is 0.350. The van der Waals surface area contributed by atoms with Crippen LogP contribution < -0.4 is 4.90 Å². The second-order valence-corrected chi connectivity index (χ2v) is 5.88. The van der Waals surface area contributed by atoms with Gasteiger partial charge in [0, 0.05) is 25.0 Å². The fourth-order valence-electron chi connectivity index (χ4n) is 3.00. The molecular formula is C20H24N2. The van der Waals surface area contributed by atoms with Crippen molar-refractivity contribution in [1.82, 2.24) is 0 Å². The third-order valence-electron chi connectivity index (χ3n) is 4.34. The van der Waals surface area contributed by atoms with Gasteiger partial charge in [-0.05, 0) is 55.0 Å². The molecule has 0 spiro atoms. The molecule has 2 heteroatoms. The van der Waals surface area contributed by atoms with Crippen LogP contribution in [-0.4, -0.2) is 19.3 Å². The molecule has 114 valence electrons. The molecule has 0 N–H and O–H groups in total. The van der Waals surface area contributed by atoms with Crippen LogP contribution in [0.1, 0.15) is 37.3 Å². The first-order chi connectivity index (χ1) is 10.9. The van der Waals surface area contributed by atoms with E-state index in [0.29, 0.717) is 0 Å². The maximum Gasteiger partial charge on any atom is 0.0661 e. The van der Waals surface area contributed by atoms with Gasteiger partial charge in [-0.2, -0.15) is 0 Å². The van der Waals surface area contributed by atoms with E-state index >= 15 is 0 Å². The molecule has 0 aromatic heterocycles. The predicted molar refractivity (Wildman–Crippen MR) is 95.6 cm³/mol. The van der Waals surface area contributed by atoms with Crippen molar-refractivity contribution in [1.29, 1.82) is 0 Å². The lowest BCUT2D eigenvalue weighted by Crippen LogP contribution is -2.29. The number of rotatable bonds is 4. The zero-order valence-corrected chi connectivity index (χ0v) is 13.3. The highest BCUT2D eigenvalue weighted by Gasteiger charge is 2.10. The van der Waals surface area contributed by atoms with E-state index in [9.17, 15) is 0 Å². The summed E-state index contributed by atoms with van der Waals surface area (Å²) in [5.74, 6) is 0. The van der Waals surface area contributed by atoms with E-state index in [1.807, 2.05) is 12.3 Å². The van der Waals surface area contributed by atoms with Gasteiger partial charge in [0.05, 0.1) is 5.69 Å². The molecule has 0 aliphatic carbocycles. The van der Waals surface area contributed by atoms with Crippen LogP contribution >= 0.6 is 0 Å². The Morgan fingerprint density at radius 2 is 1.68 bits per heavy atom. The van der Waals surface area contributed by atoms with Gasteiger partial charge in [-0.25, -0.2) is 0 Å². The van der Waals surface area contributed by atoms with Crippen molar-refractivity contribution in [2.45, 2.75) is 32.6 Å². The summed E-state index contributed by atoms with van der Waals surface area (Å²) in [6.07, 6.45) is 6.99. The summed E-state index contributed by atoms with van der Waals surface area (Å²) in [6, 6.07) is 17.1. The van der Waals surface area contributed by atoms with Gasteiger partial charge in [0.1, 0.15) is 0 Å². The predicted octanol–water partition coefficient (Wildman–Crippen LogP) is 4.99. The van der Waals surface area contributed by atoms with Gasteiger partial charge in [0.2, 0.25) is 0 Å². The number of para-hydroxylation sites is 1. The maximum absolute atomic E-state index is 4.65. The fourth-order valence-corrected chi connectivity index (χ4v) is 3.00. The van der Waals surface area contributed by atoms with Crippen molar-refractivity contribution in [3.63, 3.8) is 0 Å². The Kier molecular flexibility index (Phi) is 4.89. The molecule has 1 fully saturated rings. The number of aryl methyl sites for hydroxylation is 1. The lowest BCUT2D eigenvalue weighted by atomic mass is 10.1. The van der Waals surface area contributed by atoms with Crippen LogP contribution in [0.4, 0.5) is 11.4 Å². The molecule has 0 atom stereocenters. The largest absolute Gasteiger partial charge is 0.372 e. The molecular weight excluding hydrogens is 268 g/mol. The number of piperidine rings is 1. The first-order valence-electron chi connectivity index (χ1n) is 8.34. The maximum atomic E-state index is 4.65. The van der Waals surface area contributed by atoms with Gasteiger partial charge in [-0.1, -0.05) is 37.3 Å². The molecule has 22 heavy (non-hydrogen) atoms. The summed E-state index contributed by atoms with van der Waals surface area (Å²) in [4.78, 5) is 7.13. The molecule has 3 rings (SSSR count). The molecule has 0 amide bonds. The molecule has 1 heterocycles. The standard InChI is InChI=1S/C20H24N2/c1-2-18-8-4-5-9-20(18)21-16-17-10-12-19(13-11-17)22-14-6-3-7-15-22/h4-5,8-13,16H,2-3,6-7,14-15H2,1H3. The van der Waals surface area contributed by atoms with Crippen molar-refractivity contribution >= 4 is 17.6 Å². The Morgan fingerprint density at radius 3 is 2.41 bits per heavy atom. The van der Waals surface area contributed by atoms with E-state index < -0.39 is 0 Å². The zero-order valence-electron chi connectivity index (χ0n) is 13.3. The molecule has 2 aromatic carbocycles. The normalized spacial score (nSPS) is 15.4. The minimum absolute atomic E-state index is 1.02. The average molecular weight is 292 g/mol. The Morgan fingerprint density at radius 1 is 0.955 bits per heavy atom. The van der Waals surface area contributed by atoms with Crippen molar-refractivity contribution in [2.75, 3.05) is 18.0 Å². The molecule has 0 saturated carbocycles. The highest BCUT2D eigenvalue weighted by Crippen LogP contribution is 2.21. The molecule has 2 nitrogen and oxygen atoms in total. The SMILES string of the molecule is CCc1ccccc1N=Cc1ccc(N2CCCCC2)cc1. The van der Waals surface area contributed by atoms with Gasteiger partial charge in [-0.3, -0.25) is 4.99 Å². The molecule has 1 aliphatic rings. The van der Waals surface area contributed by atoms with E-state index in [1.54, 1.807) is 0 Å². The van der Waals surface area contributed by atoms with Crippen molar-refractivity contribution in [3.8, 4) is 0 Å². The Labute approximate surface area is 133 Å². The molecule has 0 unspecified atom stereocenters. The Balaban J connectivity index is 1.71. The summed E-state index contributed by atoms with van der Waals surface area (Å²) >= 11 is 0. The quantitative estimate of drug-likeness (QED) is 0.725. The highest BCUT2D eigenvalue weighted by molar-refractivity contribution is 5.83. The smallest absolute Gasteiger partial charge is 0.0661 e. The van der Waals surface area contributed by atoms with Crippen LogP contribution in [0, 0.1) is 0 Å². The third-order valence-corrected chi connectivity index (χ3v) is 4.34. The number of hydrogen-bond acceptors (Lipinski definition) is 2. The van der Waals surface area contributed by atoms with Crippen LogP contribution in [0.15, 0.2) is 53.5 Å². The Bertz CT molecular complexity index is 622. The van der Waals surface area contributed by atoms with Crippen LogP contribution in [-0.2, 0) is 6.42 Å². The monoisotopic (exact) mass is 292 g/mol. The van der Waals surface area contributed by atoms with Gasteiger partial charge < -0.3 is 4.90 Å². The number of aliphatic imine (C=N–C) groups is 1. The summed E-state index contributed by atoms with van der Waals surface area (Å²) in [6.45, 7) is 4.55. The minimum Gasteiger partial charge on any atom is -0.372 e. The number of hydrogen-bond donors (Lipinski definition) is 0. The van der Waals surface area contributed by atoms with E-state index in [2.05, 4.69) is 59.3 Å². The first-order valence-corrected chi connectivity index (χ1v) is 8.34. The van der Waals surface area contributed by atoms with Crippen molar-refractivity contribution in [2.24, 2.45) is 4.99 Å². The summed E-state index contributed by atoms with van der Waals surface area (Å²) < 4.78 is 0. The summed E-state index contributed by atoms with van der Waals surface area (Å²) in [7, 11) is 0. The highest BCUT2D eigenvalue weighted by atomic mass is 15.1. The van der Waals surface area contributed by atoms with Gasteiger partial charge >= 0.3 is 0 Å². The van der Waals surface area contributed by atoms with Gasteiger partial charge in [0.25, 0.3) is 0 Å². The molecule has 0 radical (unpaired) electrons. The van der Waals surface area contributed by atoms with E-state index in [4.69, 9.17) is 0 Å². The summed E-state index contributed by atoms with van der Waals surface area (Å²) in [5, 5.41) is 0. The van der Waals surface area contributed by atoms with Gasteiger partial charge in [-0.15, -0.1) is 0 Å². The summed E-state index contributed by atoms with van der Waals surface area (Å²) in [5.41, 5.74) is 4.87. The van der Waals surface area contributed by atoms with Crippen LogP contribution in [0.5, 0.6) is 0 Å². The molecule has 1 aliphatic heterocycles. The topological polar surface area (TPSA) is 15.6 Å². The second kappa shape index (κ2) is 7.26. The van der Waals surface area contributed by atoms with E-state index in [1.165, 1.54) is 43.6 Å². The second-order valence-electron chi connectivity index (χ2n) is 5.88. The lowest BCUT2D eigenvalue weighted by Gasteiger charge is -2.28.